The van der Waals surface area contributed by atoms with Gasteiger partial charge >= 0.3 is 6.18 Å². The van der Waals surface area contributed by atoms with Crippen molar-refractivity contribution in [1.82, 2.24) is 19.9 Å². The highest BCUT2D eigenvalue weighted by Gasteiger charge is 2.36. The van der Waals surface area contributed by atoms with Gasteiger partial charge in [0.1, 0.15) is 0 Å². The van der Waals surface area contributed by atoms with Crippen molar-refractivity contribution in [2.45, 2.75) is 25.7 Å². The molecule has 28 heavy (non-hydrogen) atoms. The molecule has 0 saturated heterocycles. The summed E-state index contributed by atoms with van der Waals surface area (Å²) in [6.45, 7) is 0.807. The lowest BCUT2D eigenvalue weighted by Crippen LogP contribution is -2.36. The number of H-pyrrole nitrogens is 2. The van der Waals surface area contributed by atoms with Gasteiger partial charge in [-0.1, -0.05) is 6.07 Å². The minimum atomic E-state index is -4.71. The van der Waals surface area contributed by atoms with Gasteiger partial charge in [-0.05, 0) is 11.6 Å². The van der Waals surface area contributed by atoms with Crippen molar-refractivity contribution >= 4 is 16.6 Å². The Kier molecular flexibility index (Phi) is 4.18. The van der Waals surface area contributed by atoms with Crippen molar-refractivity contribution in [2.24, 2.45) is 0 Å². The number of aromatic amines is 2. The van der Waals surface area contributed by atoms with Crippen molar-refractivity contribution in [3.63, 3.8) is 0 Å². The molecule has 0 aliphatic carbocycles. The number of halogens is 3. The summed E-state index contributed by atoms with van der Waals surface area (Å²) in [7, 11) is 0. The topological polar surface area (TPSA) is 108 Å². The summed E-state index contributed by atoms with van der Waals surface area (Å²) in [5.41, 5.74) is 0.788. The van der Waals surface area contributed by atoms with Gasteiger partial charge in [-0.3, -0.25) is 19.8 Å². The molecule has 3 heterocycles. The number of nitro groups is 1. The smallest absolute Gasteiger partial charge is 0.361 e. The largest absolute Gasteiger partial charge is 0.449 e. The van der Waals surface area contributed by atoms with Gasteiger partial charge < -0.3 is 9.97 Å². The Hall–Kier alpha value is -3.21. The van der Waals surface area contributed by atoms with Crippen molar-refractivity contribution in [3.8, 4) is 0 Å². The number of benzene rings is 1. The molecule has 8 nitrogen and oxygen atoms in total. The van der Waals surface area contributed by atoms with Crippen molar-refractivity contribution < 1.29 is 18.1 Å². The van der Waals surface area contributed by atoms with E-state index >= 15 is 0 Å². The predicted octanol–water partition coefficient (Wildman–Crippen LogP) is 2.74. The SMILES string of the molecule is O=c1[nH]c(C(F)(F)F)nc2c1CN(Cc1c[nH]c3cccc([N+](=O)[O-])c13)CC2. The van der Waals surface area contributed by atoms with Crippen molar-refractivity contribution in [3.05, 3.63) is 67.5 Å². The van der Waals surface area contributed by atoms with Gasteiger partial charge in [-0.25, -0.2) is 4.98 Å². The maximum Gasteiger partial charge on any atom is 0.449 e. The molecular weight excluding hydrogens is 379 g/mol. The maximum absolute atomic E-state index is 12.8. The monoisotopic (exact) mass is 393 g/mol. The molecular formula is C17H14F3N5O3. The molecule has 2 aromatic heterocycles. The van der Waals surface area contributed by atoms with Gasteiger partial charge in [0, 0.05) is 38.3 Å². The molecule has 1 aliphatic rings. The average Bonchev–Trinajstić information content (AvgIpc) is 3.04. The van der Waals surface area contributed by atoms with E-state index in [0.717, 1.165) is 0 Å². The van der Waals surface area contributed by atoms with E-state index in [0.29, 0.717) is 29.6 Å². The van der Waals surface area contributed by atoms with E-state index in [1.165, 1.54) is 6.07 Å². The second-order valence-electron chi connectivity index (χ2n) is 6.57. The third-order valence-corrected chi connectivity index (χ3v) is 4.77. The molecule has 0 saturated carbocycles. The fraction of sp³-hybridized carbons (Fsp3) is 0.294. The normalized spacial score (nSPS) is 15.0. The molecule has 1 aliphatic heterocycles. The third kappa shape index (κ3) is 3.13. The van der Waals surface area contributed by atoms with Gasteiger partial charge in [0.2, 0.25) is 5.82 Å². The molecule has 0 spiro atoms. The number of alkyl halides is 3. The second-order valence-corrected chi connectivity index (χ2v) is 6.57. The van der Waals surface area contributed by atoms with Crippen LogP contribution < -0.4 is 5.56 Å². The fourth-order valence-electron chi connectivity index (χ4n) is 3.50. The van der Waals surface area contributed by atoms with Crippen LogP contribution in [0.3, 0.4) is 0 Å². The molecule has 0 bridgehead atoms. The number of hydrogen-bond acceptors (Lipinski definition) is 5. The molecule has 0 fully saturated rings. The van der Waals surface area contributed by atoms with Gasteiger partial charge in [0.05, 0.1) is 27.1 Å². The number of nitro benzene ring substituents is 1. The van der Waals surface area contributed by atoms with E-state index < -0.39 is 22.5 Å². The van der Waals surface area contributed by atoms with Crippen LogP contribution in [0.5, 0.6) is 0 Å². The Balaban J connectivity index is 1.64. The number of hydrogen-bond donors (Lipinski definition) is 2. The molecule has 0 atom stereocenters. The van der Waals surface area contributed by atoms with E-state index in [1.807, 2.05) is 4.90 Å². The van der Waals surface area contributed by atoms with Gasteiger partial charge in [0.25, 0.3) is 11.2 Å². The van der Waals surface area contributed by atoms with Crippen LogP contribution in [0.2, 0.25) is 0 Å². The van der Waals surface area contributed by atoms with E-state index in [2.05, 4.69) is 9.97 Å². The number of nitrogens with one attached hydrogen (secondary N) is 2. The first kappa shape index (κ1) is 18.2. The van der Waals surface area contributed by atoms with Gasteiger partial charge in [0.15, 0.2) is 0 Å². The number of fused-ring (bicyclic) bond motifs is 2. The zero-order valence-corrected chi connectivity index (χ0v) is 14.3. The van der Waals surface area contributed by atoms with Crippen molar-refractivity contribution in [1.29, 1.82) is 0 Å². The summed E-state index contributed by atoms with van der Waals surface area (Å²) in [6.07, 6.45) is -2.86. The van der Waals surface area contributed by atoms with Crippen LogP contribution in [-0.4, -0.2) is 31.3 Å². The van der Waals surface area contributed by atoms with Crippen LogP contribution >= 0.6 is 0 Å². The summed E-state index contributed by atoms with van der Waals surface area (Å²) in [5.74, 6) is -1.29. The first-order valence-electron chi connectivity index (χ1n) is 8.39. The molecule has 0 unspecified atom stereocenters. The molecule has 3 aromatic rings. The summed E-state index contributed by atoms with van der Waals surface area (Å²) in [6, 6.07) is 4.73. The number of aromatic nitrogens is 3. The van der Waals surface area contributed by atoms with Crippen LogP contribution in [0.25, 0.3) is 10.9 Å². The lowest BCUT2D eigenvalue weighted by Gasteiger charge is -2.27. The molecule has 1 aromatic carbocycles. The van der Waals surface area contributed by atoms with E-state index in [9.17, 15) is 28.1 Å². The van der Waals surface area contributed by atoms with Crippen LogP contribution in [0.15, 0.2) is 29.2 Å². The predicted molar refractivity (Wildman–Crippen MR) is 92.6 cm³/mol. The van der Waals surface area contributed by atoms with Crippen LogP contribution in [0.4, 0.5) is 18.9 Å². The van der Waals surface area contributed by atoms with E-state index in [-0.39, 0.29) is 29.9 Å². The maximum atomic E-state index is 12.8. The minimum Gasteiger partial charge on any atom is -0.361 e. The van der Waals surface area contributed by atoms with Gasteiger partial charge in [-0.15, -0.1) is 0 Å². The number of non-ortho nitro benzene ring substituents is 1. The minimum absolute atomic E-state index is 0.0273. The summed E-state index contributed by atoms with van der Waals surface area (Å²) < 4.78 is 38.4. The molecule has 4 rings (SSSR count). The van der Waals surface area contributed by atoms with Gasteiger partial charge in [-0.2, -0.15) is 13.2 Å². The van der Waals surface area contributed by atoms with Crippen molar-refractivity contribution in [2.75, 3.05) is 6.54 Å². The molecule has 146 valence electrons. The number of rotatable bonds is 3. The Morgan fingerprint density at radius 1 is 1.32 bits per heavy atom. The highest BCUT2D eigenvalue weighted by atomic mass is 19.4. The zero-order valence-electron chi connectivity index (χ0n) is 14.3. The zero-order chi connectivity index (χ0) is 20.1. The first-order chi connectivity index (χ1) is 13.2. The standard InChI is InChI=1S/C17H14F3N5O3/c18-17(19,20)16-22-11-4-5-24(8-10(11)15(26)23-16)7-9-6-21-12-2-1-3-13(14(9)12)25(27)28/h1-3,6,21H,4-5,7-8H2,(H,22,23,26). The lowest BCUT2D eigenvalue weighted by atomic mass is 10.1. The average molecular weight is 393 g/mol. The molecule has 0 radical (unpaired) electrons. The Labute approximate surface area is 155 Å². The second kappa shape index (κ2) is 6.44. The quantitative estimate of drug-likeness (QED) is 0.526. The molecule has 11 heteroatoms. The molecule has 2 N–H and O–H groups in total. The summed E-state index contributed by atoms with van der Waals surface area (Å²) >= 11 is 0. The third-order valence-electron chi connectivity index (χ3n) is 4.77. The summed E-state index contributed by atoms with van der Waals surface area (Å²) in [4.78, 5) is 33.2. The Morgan fingerprint density at radius 2 is 2.11 bits per heavy atom. The first-order valence-corrected chi connectivity index (χ1v) is 8.39. The summed E-state index contributed by atoms with van der Waals surface area (Å²) in [5, 5.41) is 11.8. The van der Waals surface area contributed by atoms with E-state index in [1.54, 1.807) is 23.3 Å². The Morgan fingerprint density at radius 3 is 2.82 bits per heavy atom. The lowest BCUT2D eigenvalue weighted by molar-refractivity contribution is -0.383. The van der Waals surface area contributed by atoms with Crippen LogP contribution in [-0.2, 0) is 25.7 Å². The fourth-order valence-corrected chi connectivity index (χ4v) is 3.50. The highest BCUT2D eigenvalue weighted by molar-refractivity contribution is 5.91. The molecule has 0 amide bonds. The Bertz CT molecular complexity index is 1140. The number of nitrogens with zero attached hydrogens (tertiary/aromatic N) is 3. The highest BCUT2D eigenvalue weighted by Crippen LogP contribution is 2.30. The van der Waals surface area contributed by atoms with Crippen LogP contribution in [0.1, 0.15) is 22.6 Å². The van der Waals surface area contributed by atoms with Crippen LogP contribution in [0, 0.1) is 10.1 Å². The van der Waals surface area contributed by atoms with E-state index in [4.69, 9.17) is 0 Å².